The average molecular weight is 663 g/mol. The van der Waals surface area contributed by atoms with E-state index in [2.05, 4.69) is 10.6 Å². The van der Waals surface area contributed by atoms with Crippen molar-refractivity contribution in [2.75, 3.05) is 47.0 Å². The van der Waals surface area contributed by atoms with Gasteiger partial charge in [0.2, 0.25) is 10.0 Å². The highest BCUT2D eigenvalue weighted by Gasteiger charge is 2.49. The Morgan fingerprint density at radius 2 is 1.80 bits per heavy atom. The fourth-order valence-corrected chi connectivity index (χ4v) is 7.81. The summed E-state index contributed by atoms with van der Waals surface area (Å²) in [6, 6.07) is 13.3. The van der Waals surface area contributed by atoms with Crippen molar-refractivity contribution >= 4 is 22.1 Å². The zero-order chi connectivity index (χ0) is 33.5. The van der Waals surface area contributed by atoms with Crippen LogP contribution in [-0.2, 0) is 25.9 Å². The maximum absolute atomic E-state index is 14.2. The minimum Gasteiger partial charge on any atom is -0.497 e. The molecule has 254 valence electrons. The molecule has 14 heteroatoms. The number of hydrogen-bond donors (Lipinski definition) is 4. The lowest BCUT2D eigenvalue weighted by Crippen LogP contribution is -2.58. The van der Waals surface area contributed by atoms with Crippen molar-refractivity contribution in [2.24, 2.45) is 11.3 Å². The van der Waals surface area contributed by atoms with Crippen molar-refractivity contribution in [3.63, 3.8) is 0 Å². The van der Waals surface area contributed by atoms with Crippen molar-refractivity contribution in [3.05, 3.63) is 60.2 Å². The number of methoxy groups -OCH3 is 1. The van der Waals surface area contributed by atoms with Gasteiger partial charge >= 0.3 is 12.1 Å². The first-order chi connectivity index (χ1) is 21.9. The third-order valence-electron chi connectivity index (χ3n) is 8.68. The Morgan fingerprint density at radius 3 is 2.43 bits per heavy atom. The summed E-state index contributed by atoms with van der Waals surface area (Å²) in [4.78, 5) is 25.9. The molecule has 0 unspecified atom stereocenters. The third kappa shape index (κ3) is 8.68. The SMILES string of the molecule is CNC(=O)NCCC(C)(C)CN(C[C@@H](O)[C@H](Cc1ccccc1)N(C(=O)O)[C@H]1CO[C@H]2OCC[C@H]21)S(=O)(=O)c1ccc(OC)cc1. The van der Waals surface area contributed by atoms with Crippen LogP contribution in [0.5, 0.6) is 5.75 Å². The monoisotopic (exact) mass is 662 g/mol. The zero-order valence-corrected chi connectivity index (χ0v) is 27.6. The quantitative estimate of drug-likeness (QED) is 0.224. The molecule has 2 saturated heterocycles. The van der Waals surface area contributed by atoms with Gasteiger partial charge in [-0.3, -0.25) is 4.90 Å². The first-order valence-electron chi connectivity index (χ1n) is 15.4. The molecule has 5 atom stereocenters. The second-order valence-electron chi connectivity index (χ2n) is 12.5. The summed E-state index contributed by atoms with van der Waals surface area (Å²) in [7, 11) is -1.19. The topological polar surface area (TPSA) is 167 Å². The summed E-state index contributed by atoms with van der Waals surface area (Å²) in [5.41, 5.74) is 0.149. The average Bonchev–Trinajstić information content (AvgIpc) is 3.65. The Hall–Kier alpha value is -3.43. The number of rotatable bonds is 15. The van der Waals surface area contributed by atoms with E-state index >= 15 is 0 Å². The molecule has 3 amide bonds. The number of nitrogens with zero attached hydrogens (tertiary/aromatic N) is 2. The van der Waals surface area contributed by atoms with Crippen LogP contribution < -0.4 is 15.4 Å². The van der Waals surface area contributed by atoms with E-state index in [-0.39, 0.29) is 43.0 Å². The number of aliphatic hydroxyl groups excluding tert-OH is 1. The lowest BCUT2D eigenvalue weighted by Gasteiger charge is -2.40. The largest absolute Gasteiger partial charge is 0.497 e. The van der Waals surface area contributed by atoms with Crippen molar-refractivity contribution in [1.82, 2.24) is 19.8 Å². The highest BCUT2D eigenvalue weighted by atomic mass is 32.2. The van der Waals surface area contributed by atoms with Crippen LogP contribution in [0.15, 0.2) is 59.5 Å². The number of sulfonamides is 1. The van der Waals surface area contributed by atoms with Gasteiger partial charge < -0.3 is 35.1 Å². The lowest BCUT2D eigenvalue weighted by molar-refractivity contribution is -0.0906. The summed E-state index contributed by atoms with van der Waals surface area (Å²) in [5, 5.41) is 27.7. The molecule has 4 rings (SSSR count). The van der Waals surface area contributed by atoms with Crippen LogP contribution in [-0.4, -0.2) is 111 Å². The molecule has 2 aromatic carbocycles. The molecular formula is C32H46N4O9S. The van der Waals surface area contributed by atoms with Crippen molar-refractivity contribution in [2.45, 2.75) is 62.5 Å². The van der Waals surface area contributed by atoms with E-state index in [0.717, 1.165) is 5.56 Å². The molecule has 0 aliphatic carbocycles. The van der Waals surface area contributed by atoms with Gasteiger partial charge in [-0.2, -0.15) is 4.31 Å². The minimum atomic E-state index is -4.18. The van der Waals surface area contributed by atoms with Crippen LogP contribution in [0, 0.1) is 11.3 Å². The fraction of sp³-hybridized carbons (Fsp3) is 0.562. The van der Waals surface area contributed by atoms with E-state index in [1.165, 1.54) is 35.5 Å². The van der Waals surface area contributed by atoms with Gasteiger partial charge in [0.15, 0.2) is 6.29 Å². The second kappa shape index (κ2) is 15.4. The second-order valence-corrected chi connectivity index (χ2v) is 14.4. The highest BCUT2D eigenvalue weighted by Crippen LogP contribution is 2.36. The molecule has 2 aromatic rings. The molecule has 2 aliphatic rings. The molecule has 2 fully saturated rings. The lowest BCUT2D eigenvalue weighted by atomic mass is 9.89. The Bertz CT molecular complexity index is 1410. The molecular weight excluding hydrogens is 616 g/mol. The molecule has 13 nitrogen and oxygen atoms in total. The smallest absolute Gasteiger partial charge is 0.407 e. The summed E-state index contributed by atoms with van der Waals surface area (Å²) >= 11 is 0. The van der Waals surface area contributed by atoms with Crippen LogP contribution in [0.3, 0.4) is 0 Å². The maximum Gasteiger partial charge on any atom is 0.407 e. The Labute approximate surface area is 270 Å². The first kappa shape index (κ1) is 35.4. The van der Waals surface area contributed by atoms with Gasteiger partial charge in [-0.15, -0.1) is 0 Å². The van der Waals surface area contributed by atoms with Gasteiger partial charge in [-0.1, -0.05) is 44.2 Å². The zero-order valence-electron chi connectivity index (χ0n) is 26.8. The molecule has 0 saturated carbocycles. The predicted octanol–water partition coefficient (Wildman–Crippen LogP) is 2.74. The van der Waals surface area contributed by atoms with Crippen molar-refractivity contribution in [1.29, 1.82) is 0 Å². The number of benzene rings is 2. The number of amides is 3. The van der Waals surface area contributed by atoms with Gasteiger partial charge in [0.25, 0.3) is 0 Å². The number of hydrogen-bond acceptors (Lipinski definition) is 8. The molecule has 0 bridgehead atoms. The van der Waals surface area contributed by atoms with Gasteiger partial charge in [0, 0.05) is 32.6 Å². The molecule has 4 N–H and O–H groups in total. The Balaban J connectivity index is 1.68. The number of carboxylic acid groups (broad SMARTS) is 1. The van der Waals surface area contributed by atoms with Crippen molar-refractivity contribution < 1.29 is 42.4 Å². The molecule has 0 radical (unpaired) electrons. The first-order valence-corrected chi connectivity index (χ1v) is 16.9. The molecule has 46 heavy (non-hydrogen) atoms. The van der Waals surface area contributed by atoms with Crippen LogP contribution in [0.1, 0.15) is 32.3 Å². The standard InChI is InChI=1S/C32H46N4O9S/c1-32(2,15-16-34-30(38)33-3)21-35(46(41,42)24-12-10-23(43-4)11-13-24)19-28(37)26(18-22-8-6-5-7-9-22)36(31(39)40)27-20-45-29-25(27)14-17-44-29/h5-13,25-29,37H,14-21H2,1-4H3,(H,39,40)(H2,33,34,38)/t25-,26-,27-,28+,29+/m0/s1. The summed E-state index contributed by atoms with van der Waals surface area (Å²) in [5.74, 6) is 0.284. The van der Waals surface area contributed by atoms with Crippen LogP contribution in [0.25, 0.3) is 0 Å². The number of carbonyl (C=O) groups excluding carboxylic acids is 1. The summed E-state index contributed by atoms with van der Waals surface area (Å²) < 4.78 is 46.2. The van der Waals surface area contributed by atoms with Gasteiger partial charge in [-0.05, 0) is 54.5 Å². The normalized spacial score (nSPS) is 21.0. The maximum atomic E-state index is 14.2. The number of aliphatic hydroxyl groups is 1. The van der Waals surface area contributed by atoms with Gasteiger partial charge in [-0.25, -0.2) is 18.0 Å². The predicted molar refractivity (Wildman–Crippen MR) is 170 cm³/mol. The number of carbonyl (C=O) groups is 2. The molecule has 2 heterocycles. The van der Waals surface area contributed by atoms with Crippen LogP contribution >= 0.6 is 0 Å². The number of urea groups is 1. The van der Waals surface area contributed by atoms with Crippen molar-refractivity contribution in [3.8, 4) is 5.75 Å². The third-order valence-corrected chi connectivity index (χ3v) is 10.5. The Kier molecular flexibility index (Phi) is 11.9. The molecule has 0 spiro atoms. The number of fused-ring (bicyclic) bond motifs is 1. The van der Waals surface area contributed by atoms with Crippen LogP contribution in [0.2, 0.25) is 0 Å². The van der Waals surface area contributed by atoms with E-state index < -0.39 is 46.0 Å². The van der Waals surface area contributed by atoms with E-state index in [0.29, 0.717) is 31.7 Å². The van der Waals surface area contributed by atoms with Gasteiger partial charge in [0.1, 0.15) is 5.75 Å². The number of ether oxygens (including phenoxy) is 3. The molecule has 2 aliphatic heterocycles. The summed E-state index contributed by atoms with van der Waals surface area (Å²) in [6.45, 7) is 4.22. The van der Waals surface area contributed by atoms with Crippen LogP contribution in [0.4, 0.5) is 9.59 Å². The highest BCUT2D eigenvalue weighted by molar-refractivity contribution is 7.89. The molecule has 0 aromatic heterocycles. The van der Waals surface area contributed by atoms with E-state index in [4.69, 9.17) is 14.2 Å². The van der Waals surface area contributed by atoms with E-state index in [9.17, 15) is 28.2 Å². The van der Waals surface area contributed by atoms with Gasteiger partial charge in [0.05, 0.1) is 43.4 Å². The number of nitrogens with one attached hydrogen (secondary N) is 2. The van der Waals surface area contributed by atoms with E-state index in [1.807, 2.05) is 44.2 Å². The Morgan fingerprint density at radius 1 is 1.11 bits per heavy atom. The fourth-order valence-electron chi connectivity index (χ4n) is 6.17. The minimum absolute atomic E-state index is 0.00428. The van der Waals surface area contributed by atoms with E-state index in [1.54, 1.807) is 12.1 Å². The summed E-state index contributed by atoms with van der Waals surface area (Å²) in [6.07, 6.45) is -1.96.